The van der Waals surface area contributed by atoms with Crippen molar-refractivity contribution in [1.29, 1.82) is 0 Å². The topological polar surface area (TPSA) is 21.3 Å². The molecule has 1 fully saturated rings. The number of benzene rings is 1. The SMILES string of the molecule is Clc1ccc(Cl)c(CNCCOC2CCCC2)c1. The molecule has 1 N–H and O–H groups in total. The summed E-state index contributed by atoms with van der Waals surface area (Å²) in [6.45, 7) is 2.34. The van der Waals surface area contributed by atoms with Gasteiger partial charge in [-0.2, -0.15) is 0 Å². The van der Waals surface area contributed by atoms with Crippen LogP contribution < -0.4 is 5.32 Å². The van der Waals surface area contributed by atoms with Gasteiger partial charge in [-0.05, 0) is 36.6 Å². The fourth-order valence-electron chi connectivity index (χ4n) is 2.25. The van der Waals surface area contributed by atoms with E-state index in [-0.39, 0.29) is 0 Å². The van der Waals surface area contributed by atoms with Gasteiger partial charge in [-0.3, -0.25) is 0 Å². The Bertz CT molecular complexity index is 378. The number of nitrogens with one attached hydrogen (secondary N) is 1. The zero-order valence-corrected chi connectivity index (χ0v) is 11.9. The third-order valence-corrected chi connectivity index (χ3v) is 3.86. The molecule has 0 bridgehead atoms. The lowest BCUT2D eigenvalue weighted by Gasteiger charge is -2.12. The Balaban J connectivity index is 1.64. The average molecular weight is 288 g/mol. The minimum atomic E-state index is 0.488. The Hall–Kier alpha value is -0.280. The van der Waals surface area contributed by atoms with Crippen molar-refractivity contribution in [3.8, 4) is 0 Å². The van der Waals surface area contributed by atoms with Crippen molar-refractivity contribution in [1.82, 2.24) is 5.32 Å². The van der Waals surface area contributed by atoms with Crippen LogP contribution in [0.5, 0.6) is 0 Å². The second kappa shape index (κ2) is 7.34. The van der Waals surface area contributed by atoms with Crippen LogP contribution in [-0.2, 0) is 11.3 Å². The highest BCUT2D eigenvalue weighted by Gasteiger charge is 2.14. The Labute approximate surface area is 119 Å². The monoisotopic (exact) mass is 287 g/mol. The van der Waals surface area contributed by atoms with Crippen molar-refractivity contribution >= 4 is 23.2 Å². The van der Waals surface area contributed by atoms with E-state index in [9.17, 15) is 0 Å². The van der Waals surface area contributed by atoms with Crippen molar-refractivity contribution in [2.45, 2.75) is 38.3 Å². The number of halogens is 2. The fraction of sp³-hybridized carbons (Fsp3) is 0.571. The second-order valence-electron chi connectivity index (χ2n) is 4.69. The largest absolute Gasteiger partial charge is 0.377 e. The van der Waals surface area contributed by atoms with Crippen LogP contribution in [0, 0.1) is 0 Å². The second-order valence-corrected chi connectivity index (χ2v) is 5.53. The van der Waals surface area contributed by atoms with E-state index in [1.54, 1.807) is 6.07 Å². The maximum atomic E-state index is 6.08. The molecule has 100 valence electrons. The van der Waals surface area contributed by atoms with Crippen molar-refractivity contribution in [2.24, 2.45) is 0 Å². The van der Waals surface area contributed by atoms with E-state index in [1.807, 2.05) is 12.1 Å². The lowest BCUT2D eigenvalue weighted by Crippen LogP contribution is -2.22. The van der Waals surface area contributed by atoms with Crippen LogP contribution in [-0.4, -0.2) is 19.3 Å². The molecular formula is C14H19Cl2NO. The maximum Gasteiger partial charge on any atom is 0.0594 e. The molecule has 2 rings (SSSR count). The summed E-state index contributed by atoms with van der Waals surface area (Å²) in [4.78, 5) is 0. The molecule has 0 saturated heterocycles. The minimum absolute atomic E-state index is 0.488. The van der Waals surface area contributed by atoms with Gasteiger partial charge < -0.3 is 10.1 Å². The summed E-state index contributed by atoms with van der Waals surface area (Å²) in [6.07, 6.45) is 5.56. The molecule has 0 atom stereocenters. The van der Waals surface area contributed by atoms with Crippen LogP contribution in [0.2, 0.25) is 10.0 Å². The summed E-state index contributed by atoms with van der Waals surface area (Å²) in [5, 5.41) is 4.80. The fourth-order valence-corrected chi connectivity index (χ4v) is 2.63. The molecule has 1 aromatic rings. The third-order valence-electron chi connectivity index (χ3n) is 3.26. The van der Waals surface area contributed by atoms with Crippen LogP contribution in [0.1, 0.15) is 31.2 Å². The molecule has 0 heterocycles. The zero-order chi connectivity index (χ0) is 12.8. The van der Waals surface area contributed by atoms with Gasteiger partial charge in [0, 0.05) is 23.1 Å². The molecule has 4 heteroatoms. The lowest BCUT2D eigenvalue weighted by molar-refractivity contribution is 0.0603. The molecule has 1 saturated carbocycles. The van der Waals surface area contributed by atoms with Crippen LogP contribution in [0.25, 0.3) is 0 Å². The molecule has 0 unspecified atom stereocenters. The molecule has 0 aromatic heterocycles. The first-order valence-corrected chi connectivity index (χ1v) is 7.27. The van der Waals surface area contributed by atoms with Gasteiger partial charge in [-0.25, -0.2) is 0 Å². The Kier molecular flexibility index (Phi) is 5.77. The van der Waals surface area contributed by atoms with Crippen LogP contribution in [0.15, 0.2) is 18.2 Å². The lowest BCUT2D eigenvalue weighted by atomic mass is 10.2. The van der Waals surface area contributed by atoms with Gasteiger partial charge in [0.2, 0.25) is 0 Å². The summed E-state index contributed by atoms with van der Waals surface area (Å²) < 4.78 is 5.77. The predicted octanol–water partition coefficient (Wildman–Crippen LogP) is 4.04. The standard InChI is InChI=1S/C14H19Cl2NO/c15-12-5-6-14(16)11(9-12)10-17-7-8-18-13-3-1-2-4-13/h5-6,9,13,17H,1-4,7-8,10H2. The van der Waals surface area contributed by atoms with Crippen LogP contribution in [0.3, 0.4) is 0 Å². The number of ether oxygens (including phenoxy) is 1. The van der Waals surface area contributed by atoms with Crippen LogP contribution in [0.4, 0.5) is 0 Å². The van der Waals surface area contributed by atoms with E-state index in [4.69, 9.17) is 27.9 Å². The Morgan fingerprint density at radius 3 is 2.78 bits per heavy atom. The van der Waals surface area contributed by atoms with E-state index in [0.29, 0.717) is 6.10 Å². The summed E-state index contributed by atoms with van der Waals surface area (Å²) in [6, 6.07) is 5.53. The van der Waals surface area contributed by atoms with Crippen molar-refractivity contribution in [3.05, 3.63) is 33.8 Å². The quantitative estimate of drug-likeness (QED) is 0.798. The molecule has 1 aliphatic rings. The van der Waals surface area contributed by atoms with Gasteiger partial charge in [0.15, 0.2) is 0 Å². The molecule has 2 nitrogen and oxygen atoms in total. The molecule has 1 aromatic carbocycles. The van der Waals surface area contributed by atoms with E-state index in [1.165, 1.54) is 25.7 Å². The first-order valence-electron chi connectivity index (χ1n) is 6.52. The van der Waals surface area contributed by atoms with Gasteiger partial charge in [0.1, 0.15) is 0 Å². The van der Waals surface area contributed by atoms with Crippen molar-refractivity contribution in [3.63, 3.8) is 0 Å². The van der Waals surface area contributed by atoms with Gasteiger partial charge >= 0.3 is 0 Å². The summed E-state index contributed by atoms with van der Waals surface area (Å²) in [7, 11) is 0. The van der Waals surface area contributed by atoms with Crippen molar-refractivity contribution in [2.75, 3.05) is 13.2 Å². The van der Waals surface area contributed by atoms with E-state index in [0.717, 1.165) is 35.3 Å². The molecular weight excluding hydrogens is 269 g/mol. The number of hydrogen-bond donors (Lipinski definition) is 1. The zero-order valence-electron chi connectivity index (χ0n) is 10.4. The van der Waals surface area contributed by atoms with Gasteiger partial charge in [0.25, 0.3) is 0 Å². The molecule has 1 aliphatic carbocycles. The molecule has 18 heavy (non-hydrogen) atoms. The molecule has 0 amide bonds. The van der Waals surface area contributed by atoms with Crippen molar-refractivity contribution < 1.29 is 4.74 Å². The first kappa shape index (κ1) is 14.1. The molecule has 0 aliphatic heterocycles. The van der Waals surface area contributed by atoms with E-state index in [2.05, 4.69) is 5.32 Å². The Morgan fingerprint density at radius 1 is 1.22 bits per heavy atom. The minimum Gasteiger partial charge on any atom is -0.377 e. The highest BCUT2D eigenvalue weighted by atomic mass is 35.5. The maximum absolute atomic E-state index is 6.08. The average Bonchev–Trinajstić information content (AvgIpc) is 2.86. The van der Waals surface area contributed by atoms with Crippen LogP contribution >= 0.6 is 23.2 Å². The highest BCUT2D eigenvalue weighted by Crippen LogP contribution is 2.21. The smallest absolute Gasteiger partial charge is 0.0594 e. The molecule has 0 radical (unpaired) electrons. The summed E-state index contributed by atoms with van der Waals surface area (Å²) in [5.74, 6) is 0. The highest BCUT2D eigenvalue weighted by molar-refractivity contribution is 6.33. The van der Waals surface area contributed by atoms with Gasteiger partial charge in [-0.1, -0.05) is 36.0 Å². The third kappa shape index (κ3) is 4.43. The first-order chi connectivity index (χ1) is 8.75. The predicted molar refractivity (Wildman–Crippen MR) is 76.4 cm³/mol. The number of rotatable bonds is 6. The Morgan fingerprint density at radius 2 is 2.00 bits per heavy atom. The van der Waals surface area contributed by atoms with Gasteiger partial charge in [-0.15, -0.1) is 0 Å². The van der Waals surface area contributed by atoms with E-state index < -0.39 is 0 Å². The van der Waals surface area contributed by atoms with Gasteiger partial charge in [0.05, 0.1) is 12.7 Å². The summed E-state index contributed by atoms with van der Waals surface area (Å²) >= 11 is 12.0. The molecule has 0 spiro atoms. The normalized spacial score (nSPS) is 16.3. The number of hydrogen-bond acceptors (Lipinski definition) is 2. The summed E-state index contributed by atoms with van der Waals surface area (Å²) in [5.41, 5.74) is 1.03. The van der Waals surface area contributed by atoms with E-state index >= 15 is 0 Å².